The Morgan fingerprint density at radius 1 is 1.26 bits per heavy atom. The van der Waals surface area contributed by atoms with Crippen molar-refractivity contribution >= 4 is 17.3 Å². The van der Waals surface area contributed by atoms with Crippen LogP contribution in [0.5, 0.6) is 5.75 Å². The fourth-order valence-corrected chi connectivity index (χ4v) is 2.48. The smallest absolute Gasteiger partial charge is 0.312 e. The zero-order valence-electron chi connectivity index (χ0n) is 12.3. The van der Waals surface area contributed by atoms with Crippen molar-refractivity contribution in [2.45, 2.75) is 19.1 Å². The molecule has 23 heavy (non-hydrogen) atoms. The highest BCUT2D eigenvalue weighted by Crippen LogP contribution is 2.33. The number of aliphatic hydroxyl groups excluding tert-OH is 1. The fraction of sp³-hybridized carbons (Fsp3) is 0.250. The van der Waals surface area contributed by atoms with E-state index < -0.39 is 22.5 Å². The highest BCUT2D eigenvalue weighted by molar-refractivity contribution is 6.31. The van der Waals surface area contributed by atoms with Crippen LogP contribution in [0, 0.1) is 10.1 Å². The van der Waals surface area contributed by atoms with Crippen LogP contribution in [0.4, 0.5) is 5.69 Å². The SMILES string of the molecule is O=[N+]([O-])c1cc(Cl)cc(CNCC(O)Cc2ccccc2)c1O. The van der Waals surface area contributed by atoms with Gasteiger partial charge in [0.05, 0.1) is 11.0 Å². The molecule has 6 nitrogen and oxygen atoms in total. The number of nitro benzene ring substituents is 1. The standard InChI is InChI=1S/C16H17ClN2O4/c17-13-7-12(16(21)15(8-13)19(22)23)9-18-10-14(20)6-11-4-2-1-3-5-11/h1-5,7-8,14,18,20-21H,6,9-10H2. The monoisotopic (exact) mass is 336 g/mol. The average molecular weight is 337 g/mol. The Morgan fingerprint density at radius 2 is 1.96 bits per heavy atom. The lowest BCUT2D eigenvalue weighted by Crippen LogP contribution is -2.28. The highest BCUT2D eigenvalue weighted by atomic mass is 35.5. The second kappa shape index (κ2) is 7.92. The summed E-state index contributed by atoms with van der Waals surface area (Å²) in [6.07, 6.45) is -0.107. The van der Waals surface area contributed by atoms with Crippen LogP contribution in [0.15, 0.2) is 42.5 Å². The molecule has 0 aromatic heterocycles. The van der Waals surface area contributed by atoms with Crippen molar-refractivity contribution in [2.24, 2.45) is 0 Å². The maximum Gasteiger partial charge on any atom is 0.312 e. The Hall–Kier alpha value is -2.15. The summed E-state index contributed by atoms with van der Waals surface area (Å²) >= 11 is 5.82. The van der Waals surface area contributed by atoms with E-state index in [1.165, 1.54) is 6.07 Å². The summed E-state index contributed by atoms with van der Waals surface area (Å²) < 4.78 is 0. The number of aromatic hydroxyl groups is 1. The first-order valence-electron chi connectivity index (χ1n) is 7.06. The van der Waals surface area contributed by atoms with Gasteiger partial charge in [-0.3, -0.25) is 10.1 Å². The molecule has 122 valence electrons. The third kappa shape index (κ3) is 4.92. The van der Waals surface area contributed by atoms with Crippen molar-refractivity contribution in [1.29, 1.82) is 0 Å². The molecular weight excluding hydrogens is 320 g/mol. The van der Waals surface area contributed by atoms with Gasteiger partial charge in [-0.05, 0) is 18.1 Å². The summed E-state index contributed by atoms with van der Waals surface area (Å²) in [7, 11) is 0. The lowest BCUT2D eigenvalue weighted by molar-refractivity contribution is -0.385. The van der Waals surface area contributed by atoms with Crippen LogP contribution in [0.1, 0.15) is 11.1 Å². The molecule has 0 spiro atoms. The number of nitrogens with zero attached hydrogens (tertiary/aromatic N) is 1. The quantitative estimate of drug-likeness (QED) is 0.533. The number of nitrogens with one attached hydrogen (secondary N) is 1. The van der Waals surface area contributed by atoms with Gasteiger partial charge in [-0.1, -0.05) is 41.9 Å². The molecule has 3 N–H and O–H groups in total. The first-order chi connectivity index (χ1) is 11.0. The molecule has 2 aromatic rings. The van der Waals surface area contributed by atoms with Crippen LogP contribution >= 0.6 is 11.6 Å². The molecule has 1 unspecified atom stereocenters. The zero-order chi connectivity index (χ0) is 16.8. The van der Waals surface area contributed by atoms with E-state index in [9.17, 15) is 20.3 Å². The van der Waals surface area contributed by atoms with Gasteiger partial charge in [-0.2, -0.15) is 0 Å². The molecule has 0 saturated carbocycles. The van der Waals surface area contributed by atoms with E-state index >= 15 is 0 Å². The molecule has 0 heterocycles. The maximum atomic E-state index is 10.8. The van der Waals surface area contributed by atoms with E-state index in [0.717, 1.165) is 11.6 Å². The van der Waals surface area contributed by atoms with Gasteiger partial charge >= 0.3 is 5.69 Å². The van der Waals surface area contributed by atoms with Crippen molar-refractivity contribution in [3.63, 3.8) is 0 Å². The molecule has 2 aromatic carbocycles. The minimum atomic E-state index is -0.686. The van der Waals surface area contributed by atoms with Crippen LogP contribution in [0.3, 0.4) is 0 Å². The van der Waals surface area contributed by atoms with Gasteiger partial charge in [0.25, 0.3) is 0 Å². The van der Waals surface area contributed by atoms with E-state index in [1.807, 2.05) is 30.3 Å². The number of halogens is 1. The summed E-state index contributed by atoms with van der Waals surface area (Å²) in [5.41, 5.74) is 0.901. The lowest BCUT2D eigenvalue weighted by Gasteiger charge is -2.13. The molecule has 0 aliphatic carbocycles. The maximum absolute atomic E-state index is 10.8. The zero-order valence-corrected chi connectivity index (χ0v) is 13.0. The molecular formula is C16H17ClN2O4. The van der Waals surface area contributed by atoms with E-state index in [1.54, 1.807) is 0 Å². The largest absolute Gasteiger partial charge is 0.502 e. The molecule has 0 amide bonds. The number of hydrogen-bond acceptors (Lipinski definition) is 5. The predicted octanol–water partition coefficient (Wildman–Crippen LogP) is 2.65. The van der Waals surface area contributed by atoms with Crippen LogP contribution in [0.2, 0.25) is 5.02 Å². The van der Waals surface area contributed by atoms with Gasteiger partial charge < -0.3 is 15.5 Å². The summed E-state index contributed by atoms with van der Waals surface area (Å²) in [4.78, 5) is 10.2. The number of benzene rings is 2. The second-order valence-electron chi connectivity index (χ2n) is 5.16. The Balaban J connectivity index is 1.92. The van der Waals surface area contributed by atoms with E-state index in [0.29, 0.717) is 12.0 Å². The third-order valence-electron chi connectivity index (χ3n) is 3.34. The summed E-state index contributed by atoms with van der Waals surface area (Å²) in [6, 6.07) is 12.1. The van der Waals surface area contributed by atoms with Crippen molar-refractivity contribution in [3.05, 3.63) is 68.7 Å². The number of aliphatic hydroxyl groups is 1. The first kappa shape index (κ1) is 17.2. The molecule has 0 fully saturated rings. The van der Waals surface area contributed by atoms with Crippen molar-refractivity contribution in [1.82, 2.24) is 5.32 Å². The van der Waals surface area contributed by atoms with E-state index in [2.05, 4.69) is 5.32 Å². The fourth-order valence-electron chi connectivity index (χ4n) is 2.25. The predicted molar refractivity (Wildman–Crippen MR) is 87.6 cm³/mol. The second-order valence-corrected chi connectivity index (χ2v) is 5.60. The molecule has 7 heteroatoms. The molecule has 0 radical (unpaired) electrons. The molecule has 0 saturated heterocycles. The van der Waals surface area contributed by atoms with Crippen molar-refractivity contribution in [2.75, 3.05) is 6.54 Å². The number of hydrogen-bond donors (Lipinski definition) is 3. The number of phenols is 1. The normalized spacial score (nSPS) is 12.1. The minimum absolute atomic E-state index is 0.166. The van der Waals surface area contributed by atoms with Gasteiger partial charge in [0, 0.05) is 29.7 Å². The Bertz CT molecular complexity index is 679. The molecule has 2 rings (SSSR count). The van der Waals surface area contributed by atoms with Gasteiger partial charge in [-0.25, -0.2) is 0 Å². The first-order valence-corrected chi connectivity index (χ1v) is 7.43. The Labute approximate surface area is 138 Å². The summed E-state index contributed by atoms with van der Waals surface area (Å²) in [5, 5.41) is 33.8. The van der Waals surface area contributed by atoms with Crippen LogP contribution in [-0.2, 0) is 13.0 Å². The van der Waals surface area contributed by atoms with Crippen LogP contribution < -0.4 is 5.32 Å². The van der Waals surface area contributed by atoms with Gasteiger partial charge in [0.1, 0.15) is 0 Å². The molecule has 0 aliphatic rings. The Morgan fingerprint density at radius 3 is 2.61 bits per heavy atom. The average Bonchev–Trinajstić information content (AvgIpc) is 2.51. The lowest BCUT2D eigenvalue weighted by atomic mass is 10.1. The molecule has 0 bridgehead atoms. The van der Waals surface area contributed by atoms with Crippen molar-refractivity contribution < 1.29 is 15.1 Å². The highest BCUT2D eigenvalue weighted by Gasteiger charge is 2.18. The Kier molecular flexibility index (Phi) is 5.92. The van der Waals surface area contributed by atoms with Crippen LogP contribution in [0.25, 0.3) is 0 Å². The summed E-state index contributed by atoms with van der Waals surface area (Å²) in [5.74, 6) is -0.413. The van der Waals surface area contributed by atoms with Crippen LogP contribution in [-0.4, -0.2) is 27.8 Å². The third-order valence-corrected chi connectivity index (χ3v) is 3.56. The van der Waals surface area contributed by atoms with E-state index in [4.69, 9.17) is 11.6 Å². The van der Waals surface area contributed by atoms with Crippen molar-refractivity contribution in [3.8, 4) is 5.75 Å². The minimum Gasteiger partial charge on any atom is -0.502 e. The molecule has 1 atom stereocenters. The van der Waals surface area contributed by atoms with E-state index in [-0.39, 0.29) is 18.1 Å². The van der Waals surface area contributed by atoms with Gasteiger partial charge in [0.2, 0.25) is 0 Å². The topological polar surface area (TPSA) is 95.6 Å². The molecule has 0 aliphatic heterocycles. The van der Waals surface area contributed by atoms with Gasteiger partial charge in [-0.15, -0.1) is 0 Å². The number of rotatable bonds is 7. The van der Waals surface area contributed by atoms with Gasteiger partial charge in [0.15, 0.2) is 5.75 Å². The summed E-state index contributed by atoms with van der Waals surface area (Å²) in [6.45, 7) is 0.452. The number of phenolic OH excluding ortho intramolecular Hbond substituents is 1. The number of nitro groups is 1.